The summed E-state index contributed by atoms with van der Waals surface area (Å²) in [6.45, 7) is 8.40. The van der Waals surface area contributed by atoms with Gasteiger partial charge in [-0.05, 0) is 44.9 Å². The van der Waals surface area contributed by atoms with Crippen molar-refractivity contribution in [2.45, 2.75) is 52.1 Å². The van der Waals surface area contributed by atoms with Crippen LogP contribution in [0, 0.1) is 0 Å². The Hall–Kier alpha value is -2.01. The number of nitrogens with zero attached hydrogens (tertiary/aromatic N) is 1. The summed E-state index contributed by atoms with van der Waals surface area (Å²) in [5, 5.41) is 0. The fraction of sp³-hybridized carbons (Fsp3) is 0.500. The van der Waals surface area contributed by atoms with E-state index in [1.807, 2.05) is 18.2 Å². The Morgan fingerprint density at radius 2 is 2.13 bits per heavy atom. The summed E-state index contributed by atoms with van der Waals surface area (Å²) in [6, 6.07) is 5.67. The number of anilines is 1. The highest BCUT2D eigenvalue weighted by atomic mass is 16.5. The van der Waals surface area contributed by atoms with Crippen LogP contribution in [-0.4, -0.2) is 24.6 Å². The lowest BCUT2D eigenvalue weighted by Gasteiger charge is -2.47. The number of hydrogen-bond donors (Lipinski definition) is 2. The van der Waals surface area contributed by atoms with Crippen LogP contribution in [-0.2, 0) is 4.79 Å². The predicted molar refractivity (Wildman–Crippen MR) is 94.2 cm³/mol. The maximum absolute atomic E-state index is 12.4. The molecular formula is C18H27N3O2. The molecule has 5 heteroatoms. The quantitative estimate of drug-likeness (QED) is 0.498. The highest BCUT2D eigenvalue weighted by Crippen LogP contribution is 2.42. The van der Waals surface area contributed by atoms with Gasteiger partial charge in [-0.1, -0.05) is 19.4 Å². The van der Waals surface area contributed by atoms with Crippen molar-refractivity contribution in [3.8, 4) is 5.75 Å². The summed E-state index contributed by atoms with van der Waals surface area (Å²) < 4.78 is 5.39. The van der Waals surface area contributed by atoms with Crippen molar-refractivity contribution in [3.63, 3.8) is 0 Å². The predicted octanol–water partition coefficient (Wildman–Crippen LogP) is 2.86. The average Bonchev–Trinajstić information content (AvgIpc) is 2.51. The number of ether oxygens (including phenoxy) is 1. The first-order valence-corrected chi connectivity index (χ1v) is 8.03. The van der Waals surface area contributed by atoms with Crippen LogP contribution < -0.4 is 20.9 Å². The number of benzene rings is 1. The normalized spacial score (nSPS) is 17.1. The maximum atomic E-state index is 12.4. The Morgan fingerprint density at radius 3 is 2.70 bits per heavy atom. The number of hydrazine groups is 1. The van der Waals surface area contributed by atoms with Gasteiger partial charge in [0.25, 0.3) is 5.91 Å². The molecule has 1 amide bonds. The van der Waals surface area contributed by atoms with E-state index in [0.29, 0.717) is 0 Å². The number of hydrogen-bond acceptors (Lipinski definition) is 4. The van der Waals surface area contributed by atoms with Crippen LogP contribution in [0.2, 0.25) is 0 Å². The zero-order valence-electron chi connectivity index (χ0n) is 14.6. The molecule has 0 radical (unpaired) electrons. The van der Waals surface area contributed by atoms with Gasteiger partial charge in [-0.15, -0.1) is 0 Å². The van der Waals surface area contributed by atoms with E-state index in [-0.39, 0.29) is 17.5 Å². The van der Waals surface area contributed by atoms with Gasteiger partial charge in [-0.3, -0.25) is 10.2 Å². The van der Waals surface area contributed by atoms with Gasteiger partial charge >= 0.3 is 0 Å². The van der Waals surface area contributed by atoms with Crippen LogP contribution in [0.5, 0.6) is 5.75 Å². The fourth-order valence-electron chi connectivity index (χ4n) is 3.48. The summed E-state index contributed by atoms with van der Waals surface area (Å²) in [7, 11) is 1.65. The van der Waals surface area contributed by atoms with Crippen LogP contribution in [0.3, 0.4) is 0 Å². The number of carbonyl (C=O) groups is 1. The number of amides is 1. The molecular weight excluding hydrogens is 290 g/mol. The van der Waals surface area contributed by atoms with E-state index in [4.69, 9.17) is 10.6 Å². The molecule has 0 saturated carbocycles. The van der Waals surface area contributed by atoms with E-state index in [1.165, 1.54) is 5.57 Å². The van der Waals surface area contributed by atoms with Crippen LogP contribution in [0.25, 0.3) is 5.57 Å². The second kappa shape index (κ2) is 6.62. The molecule has 0 aliphatic carbocycles. The molecule has 0 aromatic heterocycles. The minimum absolute atomic E-state index is 0.165. The fourth-order valence-corrected chi connectivity index (χ4v) is 3.48. The molecule has 0 saturated heterocycles. The van der Waals surface area contributed by atoms with Crippen LogP contribution >= 0.6 is 0 Å². The third-order valence-corrected chi connectivity index (χ3v) is 4.40. The van der Waals surface area contributed by atoms with Gasteiger partial charge in [-0.25, -0.2) is 5.84 Å². The zero-order chi connectivity index (χ0) is 17.2. The second-order valence-corrected chi connectivity index (χ2v) is 6.55. The molecule has 23 heavy (non-hydrogen) atoms. The number of nitrogens with two attached hydrogens (primary N) is 1. The molecule has 1 aromatic rings. The van der Waals surface area contributed by atoms with Crippen LogP contribution in [0.1, 0.15) is 46.1 Å². The molecule has 3 N–H and O–H groups in total. The third-order valence-electron chi connectivity index (χ3n) is 4.40. The number of nitrogens with one attached hydrogen (secondary N) is 1. The van der Waals surface area contributed by atoms with Gasteiger partial charge in [0.05, 0.1) is 12.6 Å². The van der Waals surface area contributed by atoms with Crippen LogP contribution in [0.4, 0.5) is 5.69 Å². The van der Waals surface area contributed by atoms with E-state index >= 15 is 0 Å². The summed E-state index contributed by atoms with van der Waals surface area (Å²) in [4.78, 5) is 14.6. The third kappa shape index (κ3) is 3.20. The van der Waals surface area contributed by atoms with Crippen molar-refractivity contribution < 1.29 is 9.53 Å². The molecule has 1 atom stereocenters. The molecule has 5 nitrogen and oxygen atoms in total. The van der Waals surface area contributed by atoms with E-state index < -0.39 is 0 Å². The largest absolute Gasteiger partial charge is 0.497 e. The topological polar surface area (TPSA) is 67.6 Å². The Bertz CT molecular complexity index is 623. The van der Waals surface area contributed by atoms with Crippen molar-refractivity contribution in [3.05, 3.63) is 29.8 Å². The molecule has 1 aromatic carbocycles. The Morgan fingerprint density at radius 1 is 1.43 bits per heavy atom. The zero-order valence-corrected chi connectivity index (χ0v) is 14.6. The molecule has 0 bridgehead atoms. The average molecular weight is 317 g/mol. The van der Waals surface area contributed by atoms with Gasteiger partial charge in [0.1, 0.15) is 11.8 Å². The molecule has 1 heterocycles. The number of carbonyl (C=O) groups excluding carboxylic acids is 1. The Kier molecular flexibility index (Phi) is 5.00. The second-order valence-electron chi connectivity index (χ2n) is 6.55. The van der Waals surface area contributed by atoms with E-state index in [0.717, 1.165) is 29.8 Å². The molecule has 1 aliphatic rings. The van der Waals surface area contributed by atoms with E-state index in [9.17, 15) is 4.79 Å². The van der Waals surface area contributed by atoms with E-state index in [1.54, 1.807) is 7.11 Å². The lowest BCUT2D eigenvalue weighted by Crippen LogP contribution is -2.57. The molecule has 126 valence electrons. The first-order valence-electron chi connectivity index (χ1n) is 8.03. The van der Waals surface area contributed by atoms with Crippen molar-refractivity contribution >= 4 is 17.2 Å². The van der Waals surface area contributed by atoms with Crippen LogP contribution in [0.15, 0.2) is 24.3 Å². The number of rotatable bonds is 5. The minimum atomic E-state index is -0.324. The standard InChI is InChI=1S/C18H27N3O2/c1-6-7-15(17(22)20-19)21-16-10-13(23-5)8-9-14(16)12(2)11-18(21,3)4/h8-11,15H,6-7,19H2,1-5H3,(H,20,22). The van der Waals surface area contributed by atoms with Crippen molar-refractivity contribution in [2.24, 2.45) is 5.84 Å². The lowest BCUT2D eigenvalue weighted by molar-refractivity contribution is -0.122. The molecule has 1 aliphatic heterocycles. The Labute approximate surface area is 138 Å². The molecule has 0 spiro atoms. The first-order chi connectivity index (χ1) is 10.9. The highest BCUT2D eigenvalue weighted by Gasteiger charge is 2.38. The highest BCUT2D eigenvalue weighted by molar-refractivity contribution is 5.90. The smallest absolute Gasteiger partial charge is 0.256 e. The molecule has 1 unspecified atom stereocenters. The SMILES string of the molecule is CCCC(C(=O)NN)N1c2cc(OC)ccc2C(C)=CC1(C)C. The summed E-state index contributed by atoms with van der Waals surface area (Å²) >= 11 is 0. The van der Waals surface area contributed by atoms with Gasteiger partial charge in [0.2, 0.25) is 0 Å². The van der Waals surface area contributed by atoms with Gasteiger partial charge in [0, 0.05) is 17.3 Å². The number of allylic oxidation sites excluding steroid dienone is 1. The van der Waals surface area contributed by atoms with E-state index in [2.05, 4.69) is 44.1 Å². The lowest BCUT2D eigenvalue weighted by atomic mass is 9.86. The number of methoxy groups -OCH3 is 1. The maximum Gasteiger partial charge on any atom is 0.256 e. The Balaban J connectivity index is 2.62. The van der Waals surface area contributed by atoms with Gasteiger partial charge in [0.15, 0.2) is 0 Å². The number of fused-ring (bicyclic) bond motifs is 1. The summed E-state index contributed by atoms with van der Waals surface area (Å²) in [5.41, 5.74) is 5.36. The van der Waals surface area contributed by atoms with Crippen molar-refractivity contribution in [1.82, 2.24) is 5.43 Å². The molecule has 2 rings (SSSR count). The van der Waals surface area contributed by atoms with Crippen molar-refractivity contribution in [2.75, 3.05) is 12.0 Å². The monoisotopic (exact) mass is 317 g/mol. The van der Waals surface area contributed by atoms with Gasteiger partial charge in [-0.2, -0.15) is 0 Å². The molecule has 0 fully saturated rings. The summed E-state index contributed by atoms with van der Waals surface area (Å²) in [5.74, 6) is 6.05. The minimum Gasteiger partial charge on any atom is -0.497 e. The first kappa shape index (κ1) is 17.3. The summed E-state index contributed by atoms with van der Waals surface area (Å²) in [6.07, 6.45) is 3.83. The van der Waals surface area contributed by atoms with Gasteiger partial charge < -0.3 is 9.64 Å². The van der Waals surface area contributed by atoms with Crippen molar-refractivity contribution in [1.29, 1.82) is 0 Å².